The van der Waals surface area contributed by atoms with E-state index in [0.717, 1.165) is 50.8 Å². The van der Waals surface area contributed by atoms with Gasteiger partial charge in [0.05, 0.1) is 11.0 Å². The summed E-state index contributed by atoms with van der Waals surface area (Å²) in [5.74, 6) is 0. The minimum absolute atomic E-state index is 0.0574. The van der Waals surface area contributed by atoms with Crippen molar-refractivity contribution in [1.29, 1.82) is 0 Å². The minimum atomic E-state index is 0.0574. The molecule has 2 heteroatoms. The van der Waals surface area contributed by atoms with Crippen molar-refractivity contribution in [2.75, 3.05) is 0 Å². The third-order valence-corrected chi connectivity index (χ3v) is 6.22. The van der Waals surface area contributed by atoms with E-state index < -0.39 is 0 Å². The number of benzene rings is 4. The zero-order valence-corrected chi connectivity index (χ0v) is 16.9. The number of para-hydroxylation sites is 1. The van der Waals surface area contributed by atoms with Gasteiger partial charge in [-0.1, -0.05) is 74.0 Å². The topological polar surface area (TPSA) is 21.5 Å². The molecule has 0 saturated carbocycles. The highest BCUT2D eigenvalue weighted by atomic mass is 16.1. The lowest BCUT2D eigenvalue weighted by Crippen LogP contribution is -2.12. The fraction of sp³-hybridized carbons (Fsp3) is 0.107. The third-order valence-electron chi connectivity index (χ3n) is 6.22. The van der Waals surface area contributed by atoms with E-state index in [1.54, 1.807) is 0 Å². The fourth-order valence-corrected chi connectivity index (χ4v) is 4.90. The molecule has 2 heterocycles. The van der Waals surface area contributed by atoms with Crippen molar-refractivity contribution in [2.45, 2.75) is 19.8 Å². The molecule has 0 radical (unpaired) electrons. The van der Waals surface area contributed by atoms with E-state index in [1.807, 2.05) is 34.7 Å². The summed E-state index contributed by atoms with van der Waals surface area (Å²) in [6.07, 6.45) is 2.22. The zero-order valence-electron chi connectivity index (χ0n) is 16.9. The molecule has 2 nitrogen and oxygen atoms in total. The quantitative estimate of drug-likeness (QED) is 0.305. The summed E-state index contributed by atoms with van der Waals surface area (Å²) >= 11 is 0. The molecule has 0 saturated heterocycles. The molecule has 2 aromatic heterocycles. The molecule has 0 aliphatic heterocycles. The number of aromatic nitrogens is 1. The molecule has 6 rings (SSSR count). The van der Waals surface area contributed by atoms with E-state index in [0.29, 0.717) is 0 Å². The molecule has 0 aliphatic rings. The van der Waals surface area contributed by atoms with Crippen molar-refractivity contribution in [3.05, 3.63) is 101 Å². The van der Waals surface area contributed by atoms with Crippen LogP contribution in [-0.4, -0.2) is 4.40 Å². The van der Waals surface area contributed by atoms with Gasteiger partial charge >= 0.3 is 0 Å². The molecule has 30 heavy (non-hydrogen) atoms. The number of nitrogens with zero attached hydrogens (tertiary/aromatic N) is 1. The molecule has 0 bridgehead atoms. The Balaban J connectivity index is 1.82. The van der Waals surface area contributed by atoms with Gasteiger partial charge in [-0.3, -0.25) is 9.20 Å². The molecule has 0 aliphatic carbocycles. The number of rotatable bonds is 3. The first-order valence-electron chi connectivity index (χ1n) is 10.6. The van der Waals surface area contributed by atoms with Gasteiger partial charge in [0.2, 0.25) is 0 Å². The lowest BCUT2D eigenvalue weighted by molar-refractivity contribution is 0.922. The van der Waals surface area contributed by atoms with Gasteiger partial charge in [0.15, 0.2) is 0 Å². The maximum Gasteiger partial charge on any atom is 0.263 e. The Labute approximate surface area is 174 Å². The van der Waals surface area contributed by atoms with Crippen LogP contribution < -0.4 is 5.56 Å². The van der Waals surface area contributed by atoms with E-state index in [4.69, 9.17) is 0 Å². The number of aryl methyl sites for hydroxylation is 1. The lowest BCUT2D eigenvalue weighted by Gasteiger charge is -2.10. The third kappa shape index (κ3) is 2.34. The molecule has 144 valence electrons. The van der Waals surface area contributed by atoms with Crippen LogP contribution in [-0.2, 0) is 6.42 Å². The highest BCUT2D eigenvalue weighted by Crippen LogP contribution is 2.37. The Morgan fingerprint density at radius 2 is 1.37 bits per heavy atom. The SMILES string of the molecule is CCCc1cccc(-c2cc3c4ccccc4c(=O)n4c5ccccc5c(c2)c34)c1. The summed E-state index contributed by atoms with van der Waals surface area (Å²) in [6.45, 7) is 2.21. The van der Waals surface area contributed by atoms with Crippen LogP contribution in [0.15, 0.2) is 89.7 Å². The zero-order chi connectivity index (χ0) is 20.2. The van der Waals surface area contributed by atoms with Gasteiger partial charge in [-0.15, -0.1) is 0 Å². The van der Waals surface area contributed by atoms with Crippen LogP contribution in [0.25, 0.3) is 49.1 Å². The first-order chi connectivity index (χ1) is 14.8. The van der Waals surface area contributed by atoms with Gasteiger partial charge in [0.1, 0.15) is 0 Å². The largest absolute Gasteiger partial charge is 0.275 e. The second-order valence-corrected chi connectivity index (χ2v) is 8.07. The van der Waals surface area contributed by atoms with Crippen LogP contribution in [0.1, 0.15) is 18.9 Å². The Morgan fingerprint density at radius 3 is 2.17 bits per heavy atom. The van der Waals surface area contributed by atoms with Crippen molar-refractivity contribution in [2.24, 2.45) is 0 Å². The normalized spacial score (nSPS) is 11.9. The molecule has 0 N–H and O–H groups in total. The number of pyridine rings is 1. The second-order valence-electron chi connectivity index (χ2n) is 8.07. The summed E-state index contributed by atoms with van der Waals surface area (Å²) in [4.78, 5) is 13.4. The maximum absolute atomic E-state index is 13.4. The molecular formula is C28H21NO. The van der Waals surface area contributed by atoms with E-state index in [9.17, 15) is 4.79 Å². The van der Waals surface area contributed by atoms with Crippen LogP contribution in [0, 0.1) is 0 Å². The van der Waals surface area contributed by atoms with Gasteiger partial charge in [-0.25, -0.2) is 0 Å². The molecule has 0 atom stereocenters. The van der Waals surface area contributed by atoms with Gasteiger partial charge in [0, 0.05) is 21.5 Å². The highest BCUT2D eigenvalue weighted by molar-refractivity contribution is 6.21. The Hall–Kier alpha value is -3.65. The van der Waals surface area contributed by atoms with Crippen LogP contribution in [0.5, 0.6) is 0 Å². The van der Waals surface area contributed by atoms with Crippen molar-refractivity contribution in [3.8, 4) is 11.1 Å². The van der Waals surface area contributed by atoms with E-state index >= 15 is 0 Å². The Morgan fingerprint density at radius 1 is 0.667 bits per heavy atom. The van der Waals surface area contributed by atoms with Gasteiger partial charge in [0.25, 0.3) is 5.56 Å². The second kappa shape index (κ2) is 6.43. The molecule has 0 amide bonds. The molecule has 0 fully saturated rings. The average Bonchev–Trinajstić information content (AvgIpc) is 3.13. The molecule has 4 aromatic carbocycles. The molecule has 0 unspecified atom stereocenters. The van der Waals surface area contributed by atoms with Gasteiger partial charge < -0.3 is 0 Å². The maximum atomic E-state index is 13.4. The Kier molecular flexibility index (Phi) is 3.69. The minimum Gasteiger partial charge on any atom is -0.275 e. The number of fused-ring (bicyclic) bond motifs is 5. The predicted octanol–water partition coefficient (Wildman–Crippen LogP) is 6.82. The van der Waals surface area contributed by atoms with Crippen LogP contribution in [0.2, 0.25) is 0 Å². The molecular weight excluding hydrogens is 366 g/mol. The van der Waals surface area contributed by atoms with E-state index in [1.165, 1.54) is 16.7 Å². The predicted molar refractivity (Wildman–Crippen MR) is 127 cm³/mol. The number of hydrogen-bond donors (Lipinski definition) is 0. The summed E-state index contributed by atoms with van der Waals surface area (Å²) < 4.78 is 1.90. The summed E-state index contributed by atoms with van der Waals surface area (Å²) in [6, 6.07) is 29.6. The first-order valence-corrected chi connectivity index (χ1v) is 10.6. The van der Waals surface area contributed by atoms with Gasteiger partial charge in [-0.2, -0.15) is 0 Å². The van der Waals surface area contributed by atoms with E-state index in [2.05, 4.69) is 61.5 Å². The van der Waals surface area contributed by atoms with Crippen LogP contribution >= 0.6 is 0 Å². The highest BCUT2D eigenvalue weighted by Gasteiger charge is 2.18. The fourth-order valence-electron chi connectivity index (χ4n) is 4.90. The molecule has 0 spiro atoms. The monoisotopic (exact) mass is 387 g/mol. The lowest BCUT2D eigenvalue weighted by atomic mass is 9.96. The average molecular weight is 387 g/mol. The number of hydrogen-bond acceptors (Lipinski definition) is 1. The van der Waals surface area contributed by atoms with Crippen molar-refractivity contribution in [1.82, 2.24) is 4.40 Å². The molecule has 6 aromatic rings. The summed E-state index contributed by atoms with van der Waals surface area (Å²) in [5, 5.41) is 5.19. The van der Waals surface area contributed by atoms with Gasteiger partial charge in [-0.05, 0) is 52.8 Å². The van der Waals surface area contributed by atoms with Crippen LogP contribution in [0.4, 0.5) is 0 Å². The summed E-state index contributed by atoms with van der Waals surface area (Å²) in [7, 11) is 0. The van der Waals surface area contributed by atoms with Crippen LogP contribution in [0.3, 0.4) is 0 Å². The smallest absolute Gasteiger partial charge is 0.263 e. The Bertz CT molecular complexity index is 1620. The van der Waals surface area contributed by atoms with Crippen molar-refractivity contribution < 1.29 is 0 Å². The first kappa shape index (κ1) is 17.2. The summed E-state index contributed by atoms with van der Waals surface area (Å²) in [5.41, 5.74) is 5.84. The van der Waals surface area contributed by atoms with Crippen molar-refractivity contribution in [3.63, 3.8) is 0 Å². The van der Waals surface area contributed by atoms with Crippen molar-refractivity contribution >= 4 is 38.0 Å². The standard InChI is InChI=1S/C28H21NO/c1-2-8-18-9-7-10-19(15-18)20-16-24-21-11-3-4-13-23(21)28(30)29-26-14-6-5-12-22(26)25(17-20)27(24)29/h3-7,9-17H,2,8H2,1H3. The van der Waals surface area contributed by atoms with E-state index in [-0.39, 0.29) is 5.56 Å².